The maximum Gasteiger partial charge on any atom is 0.167 e. The van der Waals surface area contributed by atoms with Gasteiger partial charge in [0.15, 0.2) is 11.5 Å². The van der Waals surface area contributed by atoms with Crippen molar-refractivity contribution in [3.63, 3.8) is 0 Å². The zero-order valence-electron chi connectivity index (χ0n) is 9.55. The SMILES string of the molecule is CCOc1c(OC)ccc(Cl)c1C1(N)CC1. The minimum atomic E-state index is -0.323. The van der Waals surface area contributed by atoms with Crippen LogP contribution in [-0.4, -0.2) is 13.7 Å². The van der Waals surface area contributed by atoms with E-state index in [1.165, 1.54) is 0 Å². The third-order valence-corrected chi connectivity index (χ3v) is 3.18. The molecule has 4 heteroatoms. The van der Waals surface area contributed by atoms with Crippen LogP contribution in [0.4, 0.5) is 0 Å². The van der Waals surface area contributed by atoms with Crippen LogP contribution in [-0.2, 0) is 5.54 Å². The summed E-state index contributed by atoms with van der Waals surface area (Å²) in [6.07, 6.45) is 1.89. The predicted molar refractivity (Wildman–Crippen MR) is 64.3 cm³/mol. The average Bonchev–Trinajstić information content (AvgIpc) is 2.98. The van der Waals surface area contributed by atoms with Gasteiger partial charge < -0.3 is 15.2 Å². The molecule has 2 N–H and O–H groups in total. The molecule has 1 aliphatic rings. The Bertz CT molecular complexity index is 402. The Balaban J connectivity index is 2.54. The number of methoxy groups -OCH3 is 1. The minimum Gasteiger partial charge on any atom is -0.493 e. The number of rotatable bonds is 4. The molecule has 16 heavy (non-hydrogen) atoms. The number of ether oxygens (including phenoxy) is 2. The lowest BCUT2D eigenvalue weighted by molar-refractivity contribution is 0.305. The van der Waals surface area contributed by atoms with Gasteiger partial charge in [-0.05, 0) is 31.9 Å². The molecule has 1 aliphatic carbocycles. The number of hydrogen-bond acceptors (Lipinski definition) is 3. The standard InChI is InChI=1S/C12H16ClNO2/c1-3-16-11-9(15-2)5-4-8(13)10(11)12(14)6-7-12/h4-5H,3,6-7,14H2,1-2H3. The first-order valence-corrected chi connectivity index (χ1v) is 5.79. The quantitative estimate of drug-likeness (QED) is 0.882. The Labute approximate surface area is 100 Å². The summed E-state index contributed by atoms with van der Waals surface area (Å²) in [6, 6.07) is 3.62. The highest BCUT2D eigenvalue weighted by molar-refractivity contribution is 6.31. The van der Waals surface area contributed by atoms with E-state index >= 15 is 0 Å². The zero-order valence-corrected chi connectivity index (χ0v) is 10.3. The monoisotopic (exact) mass is 241 g/mol. The lowest BCUT2D eigenvalue weighted by Crippen LogP contribution is -2.21. The van der Waals surface area contributed by atoms with Gasteiger partial charge in [-0.3, -0.25) is 0 Å². The number of hydrogen-bond donors (Lipinski definition) is 1. The first-order valence-electron chi connectivity index (χ1n) is 5.41. The molecule has 0 saturated heterocycles. The Morgan fingerprint density at radius 2 is 2.12 bits per heavy atom. The van der Waals surface area contributed by atoms with Crippen molar-refractivity contribution in [2.75, 3.05) is 13.7 Å². The molecule has 0 heterocycles. The minimum absolute atomic E-state index is 0.323. The van der Waals surface area contributed by atoms with Crippen molar-refractivity contribution in [2.45, 2.75) is 25.3 Å². The van der Waals surface area contributed by atoms with Crippen molar-refractivity contribution in [1.29, 1.82) is 0 Å². The van der Waals surface area contributed by atoms with Gasteiger partial charge >= 0.3 is 0 Å². The highest BCUT2D eigenvalue weighted by Gasteiger charge is 2.44. The molecule has 0 aromatic heterocycles. The van der Waals surface area contributed by atoms with Crippen LogP contribution >= 0.6 is 11.6 Å². The van der Waals surface area contributed by atoms with Crippen molar-refractivity contribution < 1.29 is 9.47 Å². The van der Waals surface area contributed by atoms with Crippen LogP contribution in [0.5, 0.6) is 11.5 Å². The van der Waals surface area contributed by atoms with E-state index in [1.807, 2.05) is 19.1 Å². The number of benzene rings is 1. The molecule has 2 rings (SSSR count). The third-order valence-electron chi connectivity index (χ3n) is 2.87. The van der Waals surface area contributed by atoms with Gasteiger partial charge in [-0.25, -0.2) is 0 Å². The molecular weight excluding hydrogens is 226 g/mol. The number of halogens is 1. The van der Waals surface area contributed by atoms with Gasteiger partial charge in [-0.2, -0.15) is 0 Å². The molecule has 1 aromatic rings. The van der Waals surface area contributed by atoms with E-state index in [0.29, 0.717) is 23.1 Å². The van der Waals surface area contributed by atoms with Crippen molar-refractivity contribution in [3.05, 3.63) is 22.7 Å². The number of nitrogens with two attached hydrogens (primary N) is 1. The molecule has 0 radical (unpaired) electrons. The zero-order chi connectivity index (χ0) is 11.8. The molecule has 0 aliphatic heterocycles. The highest BCUT2D eigenvalue weighted by Crippen LogP contribution is 2.52. The lowest BCUT2D eigenvalue weighted by Gasteiger charge is -2.19. The molecule has 1 fully saturated rings. The third kappa shape index (κ3) is 1.85. The van der Waals surface area contributed by atoms with E-state index in [2.05, 4.69) is 0 Å². The van der Waals surface area contributed by atoms with Crippen LogP contribution in [0, 0.1) is 0 Å². The van der Waals surface area contributed by atoms with Crippen molar-refractivity contribution in [1.82, 2.24) is 0 Å². The Morgan fingerprint density at radius 1 is 1.44 bits per heavy atom. The van der Waals surface area contributed by atoms with Gasteiger partial charge in [0.1, 0.15) is 0 Å². The lowest BCUT2D eigenvalue weighted by atomic mass is 10.0. The van der Waals surface area contributed by atoms with Crippen LogP contribution < -0.4 is 15.2 Å². The van der Waals surface area contributed by atoms with Crippen LogP contribution in [0.15, 0.2) is 12.1 Å². The normalized spacial score (nSPS) is 17.0. The fourth-order valence-electron chi connectivity index (χ4n) is 1.84. The van der Waals surface area contributed by atoms with Crippen molar-refractivity contribution >= 4 is 11.6 Å². The van der Waals surface area contributed by atoms with E-state index in [9.17, 15) is 0 Å². The van der Waals surface area contributed by atoms with Crippen LogP contribution in [0.25, 0.3) is 0 Å². The Kier molecular flexibility index (Phi) is 3.00. The maximum atomic E-state index is 6.20. The smallest absolute Gasteiger partial charge is 0.167 e. The van der Waals surface area contributed by atoms with Gasteiger partial charge in [0.2, 0.25) is 0 Å². The molecule has 88 valence electrons. The Morgan fingerprint density at radius 3 is 2.62 bits per heavy atom. The van der Waals surface area contributed by atoms with Crippen LogP contribution in [0.2, 0.25) is 5.02 Å². The molecule has 0 atom stereocenters. The summed E-state index contributed by atoms with van der Waals surface area (Å²) in [4.78, 5) is 0. The second kappa shape index (κ2) is 4.15. The summed E-state index contributed by atoms with van der Waals surface area (Å²) in [5, 5.41) is 0.657. The molecule has 0 unspecified atom stereocenters. The second-order valence-corrected chi connectivity index (χ2v) is 4.45. The Hall–Kier alpha value is -0.930. The first-order chi connectivity index (χ1) is 7.62. The van der Waals surface area contributed by atoms with Gasteiger partial charge in [-0.15, -0.1) is 0 Å². The largest absolute Gasteiger partial charge is 0.493 e. The van der Waals surface area contributed by atoms with Crippen molar-refractivity contribution in [2.24, 2.45) is 5.73 Å². The van der Waals surface area contributed by atoms with Gasteiger partial charge in [0.25, 0.3) is 0 Å². The molecule has 3 nitrogen and oxygen atoms in total. The maximum absolute atomic E-state index is 6.20. The van der Waals surface area contributed by atoms with Crippen LogP contribution in [0.1, 0.15) is 25.3 Å². The predicted octanol–water partition coefficient (Wildman–Crippen LogP) is 2.70. The summed E-state index contributed by atoms with van der Waals surface area (Å²) in [7, 11) is 1.62. The van der Waals surface area contributed by atoms with Crippen molar-refractivity contribution in [3.8, 4) is 11.5 Å². The second-order valence-electron chi connectivity index (χ2n) is 4.04. The summed E-state index contributed by atoms with van der Waals surface area (Å²) in [6.45, 7) is 2.50. The van der Waals surface area contributed by atoms with Gasteiger partial charge in [0.05, 0.1) is 13.7 Å². The summed E-state index contributed by atoms with van der Waals surface area (Å²) in [5.74, 6) is 1.38. The van der Waals surface area contributed by atoms with E-state index in [-0.39, 0.29) is 5.54 Å². The topological polar surface area (TPSA) is 44.5 Å². The molecule has 0 bridgehead atoms. The van der Waals surface area contributed by atoms with E-state index in [0.717, 1.165) is 18.4 Å². The molecule has 0 amide bonds. The summed E-state index contributed by atoms with van der Waals surface area (Å²) < 4.78 is 10.9. The summed E-state index contributed by atoms with van der Waals surface area (Å²) in [5.41, 5.74) is 6.76. The van der Waals surface area contributed by atoms with E-state index in [1.54, 1.807) is 7.11 Å². The first kappa shape index (κ1) is 11.6. The van der Waals surface area contributed by atoms with E-state index in [4.69, 9.17) is 26.8 Å². The fourth-order valence-corrected chi connectivity index (χ4v) is 2.17. The van der Waals surface area contributed by atoms with E-state index < -0.39 is 0 Å². The molecular formula is C12H16ClNO2. The van der Waals surface area contributed by atoms with Gasteiger partial charge in [0, 0.05) is 16.1 Å². The molecule has 1 saturated carbocycles. The van der Waals surface area contributed by atoms with Gasteiger partial charge in [-0.1, -0.05) is 11.6 Å². The highest BCUT2D eigenvalue weighted by atomic mass is 35.5. The molecule has 0 spiro atoms. The van der Waals surface area contributed by atoms with Crippen LogP contribution in [0.3, 0.4) is 0 Å². The summed E-state index contributed by atoms with van der Waals surface area (Å²) >= 11 is 6.20. The molecule has 1 aromatic carbocycles. The fraction of sp³-hybridized carbons (Fsp3) is 0.500. The average molecular weight is 242 g/mol.